The Morgan fingerprint density at radius 3 is 2.38 bits per heavy atom. The number of urea groups is 1. The van der Waals surface area contributed by atoms with Crippen LogP contribution in [0.5, 0.6) is 0 Å². The monoisotopic (exact) mass is 321 g/mol. The molecular formula is C18H15N3O3. The smallest absolute Gasteiger partial charge is 0.276 e. The summed E-state index contributed by atoms with van der Waals surface area (Å²) >= 11 is 0. The lowest BCUT2D eigenvalue weighted by Gasteiger charge is -2.29. The molecule has 24 heavy (non-hydrogen) atoms. The van der Waals surface area contributed by atoms with E-state index in [4.69, 9.17) is 0 Å². The molecule has 0 saturated carbocycles. The van der Waals surface area contributed by atoms with Crippen LogP contribution in [0.4, 0.5) is 16.2 Å². The van der Waals surface area contributed by atoms with Crippen LogP contribution in [-0.2, 0) is 9.59 Å². The number of para-hydroxylation sites is 2. The number of carbonyl (C=O) groups is 3. The first-order chi connectivity index (χ1) is 11.6. The maximum absolute atomic E-state index is 12.7. The molecule has 0 aromatic heterocycles. The van der Waals surface area contributed by atoms with E-state index < -0.39 is 23.8 Å². The van der Waals surface area contributed by atoms with Gasteiger partial charge in [-0.25, -0.2) is 9.69 Å². The van der Waals surface area contributed by atoms with Crippen LogP contribution < -0.4 is 10.2 Å². The van der Waals surface area contributed by atoms with E-state index in [2.05, 4.69) is 10.3 Å². The summed E-state index contributed by atoms with van der Waals surface area (Å²) < 4.78 is 0. The molecule has 6 heteroatoms. The Hall–Kier alpha value is -3.28. The van der Waals surface area contributed by atoms with Gasteiger partial charge in [0.1, 0.15) is 0 Å². The van der Waals surface area contributed by atoms with Gasteiger partial charge in [-0.3, -0.25) is 19.9 Å². The van der Waals surface area contributed by atoms with Crippen LogP contribution in [0, 0.1) is 12.8 Å². The standard InChI is InChI=1S/C18H15N3O3/c1-12-7-5-6-10-15(12)21-17(23)14(16(22)20-18(21)24)11-19-13-8-3-2-4-9-13/h2-11,14H,1H3,(H,20,22,24)/t14-/m1/s1. The quantitative estimate of drug-likeness (QED) is 0.697. The van der Waals surface area contributed by atoms with Crippen LogP contribution in [0.15, 0.2) is 59.6 Å². The minimum atomic E-state index is -1.15. The van der Waals surface area contributed by atoms with Crippen molar-refractivity contribution in [1.82, 2.24) is 5.32 Å². The Balaban J connectivity index is 1.92. The molecule has 6 nitrogen and oxygen atoms in total. The Labute approximate surface area is 138 Å². The van der Waals surface area contributed by atoms with Crippen molar-refractivity contribution in [2.45, 2.75) is 6.92 Å². The van der Waals surface area contributed by atoms with Crippen molar-refractivity contribution < 1.29 is 14.4 Å². The fraction of sp³-hybridized carbons (Fsp3) is 0.111. The van der Waals surface area contributed by atoms with Crippen molar-refractivity contribution in [2.75, 3.05) is 4.90 Å². The third-order valence-electron chi connectivity index (χ3n) is 3.69. The van der Waals surface area contributed by atoms with Crippen molar-refractivity contribution in [3.05, 3.63) is 60.2 Å². The van der Waals surface area contributed by atoms with Gasteiger partial charge in [0, 0.05) is 6.21 Å². The zero-order valence-electron chi connectivity index (χ0n) is 13.0. The molecule has 1 atom stereocenters. The summed E-state index contributed by atoms with van der Waals surface area (Å²) in [6, 6.07) is 15.2. The molecule has 1 saturated heterocycles. The second-order valence-electron chi connectivity index (χ2n) is 5.35. The lowest BCUT2D eigenvalue weighted by Crippen LogP contribution is -2.58. The van der Waals surface area contributed by atoms with Gasteiger partial charge in [0.05, 0.1) is 11.4 Å². The highest BCUT2D eigenvalue weighted by atomic mass is 16.2. The Morgan fingerprint density at radius 1 is 1.00 bits per heavy atom. The molecule has 0 unspecified atom stereocenters. The average molecular weight is 321 g/mol. The molecule has 2 aromatic rings. The number of rotatable bonds is 3. The van der Waals surface area contributed by atoms with Gasteiger partial charge in [0.2, 0.25) is 5.91 Å². The molecular weight excluding hydrogens is 306 g/mol. The molecule has 0 spiro atoms. The summed E-state index contributed by atoms with van der Waals surface area (Å²) in [4.78, 5) is 42.0. The van der Waals surface area contributed by atoms with Gasteiger partial charge < -0.3 is 0 Å². The average Bonchev–Trinajstić information content (AvgIpc) is 2.57. The predicted molar refractivity (Wildman–Crippen MR) is 90.3 cm³/mol. The van der Waals surface area contributed by atoms with Gasteiger partial charge in [-0.2, -0.15) is 0 Å². The van der Waals surface area contributed by atoms with Crippen LogP contribution in [-0.4, -0.2) is 24.1 Å². The summed E-state index contributed by atoms with van der Waals surface area (Å²) in [5, 5.41) is 2.21. The molecule has 1 heterocycles. The highest BCUT2D eigenvalue weighted by Gasteiger charge is 2.40. The molecule has 1 aliphatic rings. The number of carbonyl (C=O) groups excluding carboxylic acids is 3. The Bertz CT molecular complexity index is 830. The highest BCUT2D eigenvalue weighted by Crippen LogP contribution is 2.24. The molecule has 0 aliphatic carbocycles. The molecule has 3 rings (SSSR count). The molecule has 1 N–H and O–H groups in total. The first kappa shape index (κ1) is 15.6. The largest absolute Gasteiger partial charge is 0.335 e. The fourth-order valence-corrected chi connectivity index (χ4v) is 2.44. The first-order valence-electron chi connectivity index (χ1n) is 7.41. The maximum atomic E-state index is 12.7. The Morgan fingerprint density at radius 2 is 1.67 bits per heavy atom. The predicted octanol–water partition coefficient (Wildman–Crippen LogP) is 2.60. The zero-order valence-corrected chi connectivity index (χ0v) is 13.0. The maximum Gasteiger partial charge on any atom is 0.335 e. The third kappa shape index (κ3) is 2.94. The minimum absolute atomic E-state index is 0.450. The second kappa shape index (κ2) is 6.45. The van der Waals surface area contributed by atoms with Crippen LogP contribution in [0.1, 0.15) is 5.56 Å². The molecule has 120 valence electrons. The second-order valence-corrected chi connectivity index (χ2v) is 5.35. The number of barbiturate groups is 1. The Kier molecular flexibility index (Phi) is 4.20. The number of hydrogen-bond donors (Lipinski definition) is 1. The van der Waals surface area contributed by atoms with E-state index in [1.54, 1.807) is 49.4 Å². The van der Waals surface area contributed by atoms with Crippen LogP contribution in [0.3, 0.4) is 0 Å². The van der Waals surface area contributed by atoms with E-state index in [0.717, 1.165) is 10.5 Å². The minimum Gasteiger partial charge on any atom is -0.276 e. The van der Waals surface area contributed by atoms with Crippen LogP contribution >= 0.6 is 0 Å². The number of imide groups is 2. The van der Waals surface area contributed by atoms with Crippen molar-refractivity contribution >= 4 is 35.4 Å². The highest BCUT2D eigenvalue weighted by molar-refractivity contribution is 6.32. The van der Waals surface area contributed by atoms with Crippen molar-refractivity contribution in [3.8, 4) is 0 Å². The number of aryl methyl sites for hydroxylation is 1. The number of benzene rings is 2. The number of nitrogens with one attached hydrogen (secondary N) is 1. The van der Waals surface area contributed by atoms with E-state index in [1.165, 1.54) is 6.21 Å². The lowest BCUT2D eigenvalue weighted by atomic mass is 10.0. The number of aliphatic imine (C=N–C) groups is 1. The molecule has 4 amide bonds. The summed E-state index contributed by atoms with van der Waals surface area (Å²) in [5.41, 5.74) is 1.83. The van der Waals surface area contributed by atoms with E-state index >= 15 is 0 Å². The van der Waals surface area contributed by atoms with E-state index in [0.29, 0.717) is 11.4 Å². The van der Waals surface area contributed by atoms with Crippen LogP contribution in [0.25, 0.3) is 0 Å². The van der Waals surface area contributed by atoms with E-state index in [-0.39, 0.29) is 0 Å². The van der Waals surface area contributed by atoms with Crippen molar-refractivity contribution in [1.29, 1.82) is 0 Å². The first-order valence-corrected chi connectivity index (χ1v) is 7.41. The molecule has 0 bridgehead atoms. The number of hydrogen-bond acceptors (Lipinski definition) is 4. The van der Waals surface area contributed by atoms with Gasteiger partial charge in [-0.05, 0) is 30.7 Å². The van der Waals surface area contributed by atoms with Crippen molar-refractivity contribution in [2.24, 2.45) is 10.9 Å². The van der Waals surface area contributed by atoms with Gasteiger partial charge >= 0.3 is 6.03 Å². The molecule has 2 aromatic carbocycles. The molecule has 0 radical (unpaired) electrons. The number of nitrogens with zero attached hydrogens (tertiary/aromatic N) is 2. The SMILES string of the molecule is Cc1ccccc1N1C(=O)NC(=O)[C@@H](C=Nc2ccccc2)C1=O. The van der Waals surface area contributed by atoms with Crippen LogP contribution in [0.2, 0.25) is 0 Å². The van der Waals surface area contributed by atoms with Gasteiger partial charge in [-0.1, -0.05) is 36.4 Å². The molecule has 1 aliphatic heterocycles. The summed E-state index contributed by atoms with van der Waals surface area (Å²) in [6.45, 7) is 1.79. The topological polar surface area (TPSA) is 78.8 Å². The normalized spacial score (nSPS) is 18.1. The van der Waals surface area contributed by atoms with Gasteiger partial charge in [0.15, 0.2) is 5.92 Å². The summed E-state index contributed by atoms with van der Waals surface area (Å²) in [6.07, 6.45) is 1.27. The summed E-state index contributed by atoms with van der Waals surface area (Å²) in [7, 11) is 0. The summed E-state index contributed by atoms with van der Waals surface area (Å²) in [5.74, 6) is -2.44. The fourth-order valence-electron chi connectivity index (χ4n) is 2.44. The van der Waals surface area contributed by atoms with E-state index in [1.807, 2.05) is 12.1 Å². The van der Waals surface area contributed by atoms with Crippen molar-refractivity contribution in [3.63, 3.8) is 0 Å². The molecule has 1 fully saturated rings. The van der Waals surface area contributed by atoms with E-state index in [9.17, 15) is 14.4 Å². The zero-order chi connectivity index (χ0) is 17.1. The van der Waals surface area contributed by atoms with Gasteiger partial charge in [0.25, 0.3) is 5.91 Å². The third-order valence-corrected chi connectivity index (χ3v) is 3.69. The van der Waals surface area contributed by atoms with Gasteiger partial charge in [-0.15, -0.1) is 0 Å². The number of anilines is 1. The lowest BCUT2D eigenvalue weighted by molar-refractivity contribution is -0.131. The number of amides is 4.